The second-order valence-electron chi connectivity index (χ2n) is 8.35. The van der Waals surface area contributed by atoms with Gasteiger partial charge in [0.1, 0.15) is 11.8 Å². The fourth-order valence-corrected chi connectivity index (χ4v) is 4.97. The maximum Gasteiger partial charge on any atom is 0.412 e. The van der Waals surface area contributed by atoms with Crippen LogP contribution in [0.15, 0.2) is 45.6 Å². The molecule has 2 aromatic rings. The monoisotopic (exact) mass is 463 g/mol. The second kappa shape index (κ2) is 8.75. The topological polar surface area (TPSA) is 114 Å². The Morgan fingerprint density at radius 2 is 2.06 bits per heavy atom. The van der Waals surface area contributed by atoms with Crippen LogP contribution in [0, 0.1) is 17.2 Å². The molecule has 1 amide bonds. The molecule has 1 aromatic heterocycles. The number of para-hydroxylation sites is 1. The summed E-state index contributed by atoms with van der Waals surface area (Å²) in [5, 5.41) is 29.9. The number of aromatic nitrogens is 1. The molecule has 1 aliphatic carbocycles. The molecule has 5 rings (SSSR count). The van der Waals surface area contributed by atoms with E-state index in [1.54, 1.807) is 18.2 Å². The number of nitrogens with zero attached hydrogens (tertiary/aromatic N) is 4. The molecular formula is C24H22ClN5O3. The first-order chi connectivity index (χ1) is 16.0. The predicted octanol–water partition coefficient (Wildman–Crippen LogP) is 4.00. The van der Waals surface area contributed by atoms with Crippen molar-refractivity contribution in [3.05, 3.63) is 57.2 Å². The van der Waals surface area contributed by atoms with Gasteiger partial charge in [-0.25, -0.2) is 4.79 Å². The molecule has 1 aromatic carbocycles. The van der Waals surface area contributed by atoms with Crippen LogP contribution in [-0.2, 0) is 6.54 Å². The highest BCUT2D eigenvalue weighted by molar-refractivity contribution is 6.34. The van der Waals surface area contributed by atoms with Gasteiger partial charge < -0.3 is 14.8 Å². The minimum atomic E-state index is -1.03. The van der Waals surface area contributed by atoms with E-state index in [4.69, 9.17) is 16.3 Å². The van der Waals surface area contributed by atoms with Gasteiger partial charge in [-0.05, 0) is 50.0 Å². The molecule has 1 fully saturated rings. The zero-order chi connectivity index (χ0) is 22.9. The highest BCUT2D eigenvalue weighted by atomic mass is 35.5. The van der Waals surface area contributed by atoms with Crippen molar-refractivity contribution in [3.8, 4) is 11.8 Å². The van der Waals surface area contributed by atoms with Crippen molar-refractivity contribution in [1.29, 1.82) is 5.26 Å². The Labute approximate surface area is 195 Å². The van der Waals surface area contributed by atoms with Gasteiger partial charge in [-0.15, -0.1) is 0 Å². The Kier molecular flexibility index (Phi) is 5.65. The number of azo groups is 1. The lowest BCUT2D eigenvalue weighted by Crippen LogP contribution is -2.33. The molecule has 2 N–H and O–H groups in total. The van der Waals surface area contributed by atoms with Crippen molar-refractivity contribution < 1.29 is 14.6 Å². The Morgan fingerprint density at radius 3 is 2.82 bits per heavy atom. The van der Waals surface area contributed by atoms with Crippen molar-refractivity contribution in [3.63, 3.8) is 0 Å². The summed E-state index contributed by atoms with van der Waals surface area (Å²) >= 11 is 6.25. The summed E-state index contributed by atoms with van der Waals surface area (Å²) in [7, 11) is 0. The molecule has 0 unspecified atom stereocenters. The molecule has 8 nitrogen and oxygen atoms in total. The Hall–Kier alpha value is -3.57. The molecule has 33 heavy (non-hydrogen) atoms. The largest absolute Gasteiger partial charge is 0.489 e. The molecular weight excluding hydrogens is 442 g/mol. The first-order valence-electron chi connectivity index (χ1n) is 10.9. The van der Waals surface area contributed by atoms with E-state index in [1.165, 1.54) is 4.90 Å². The number of hydrogen-bond donors (Lipinski definition) is 2. The minimum Gasteiger partial charge on any atom is -0.489 e. The van der Waals surface area contributed by atoms with Crippen molar-refractivity contribution >= 4 is 35.2 Å². The summed E-state index contributed by atoms with van der Waals surface area (Å²) in [6, 6.07) is 9.46. The number of ether oxygens (including phenoxy) is 1. The van der Waals surface area contributed by atoms with Gasteiger partial charge in [0.05, 0.1) is 40.3 Å². The lowest BCUT2D eigenvalue weighted by molar-refractivity contribution is 0.142. The normalized spacial score (nSPS) is 21.8. The third-order valence-corrected chi connectivity index (χ3v) is 6.64. The molecule has 0 radical (unpaired) electrons. The van der Waals surface area contributed by atoms with Crippen LogP contribution in [0.2, 0.25) is 0 Å². The van der Waals surface area contributed by atoms with Crippen molar-refractivity contribution in [2.45, 2.75) is 38.3 Å². The zero-order valence-corrected chi connectivity index (χ0v) is 18.5. The number of H-pyrrole nitrogens is 1. The minimum absolute atomic E-state index is 0.0384. The second-order valence-corrected chi connectivity index (χ2v) is 8.79. The number of amides is 1. The van der Waals surface area contributed by atoms with E-state index in [2.05, 4.69) is 21.3 Å². The number of carboxylic acid groups (broad SMARTS) is 1. The van der Waals surface area contributed by atoms with Gasteiger partial charge in [0, 0.05) is 23.1 Å². The maximum atomic E-state index is 11.9. The molecule has 0 atom stereocenters. The summed E-state index contributed by atoms with van der Waals surface area (Å²) in [6.07, 6.45) is 5.84. The summed E-state index contributed by atoms with van der Waals surface area (Å²) in [6.45, 7) is 0.504. The first kappa shape index (κ1) is 21.3. The smallest absolute Gasteiger partial charge is 0.412 e. The molecule has 1 saturated carbocycles. The van der Waals surface area contributed by atoms with E-state index >= 15 is 0 Å². The SMILES string of the molecule is N#Cc1ccccc1O[C@H]1CC[C@H](C2=c3[nH]c4c(c3CN=N2)N(C(=O)O)CC=C(Cl)C=4)CC1. The van der Waals surface area contributed by atoms with E-state index < -0.39 is 6.09 Å². The van der Waals surface area contributed by atoms with Crippen LogP contribution in [0.4, 0.5) is 10.5 Å². The number of aromatic amines is 1. The number of hydrogen-bond acceptors (Lipinski definition) is 5. The Balaban J connectivity index is 1.43. The standard InChI is InChI=1S/C24H22ClN5O3/c25-16-9-10-30(24(31)32)23-18-13-27-29-21(22(18)28-19(23)11-16)14-5-7-17(8-6-14)33-20-4-2-1-3-15(20)12-26/h1-4,9,11,14,17,28H,5-8,10,13H2,(H,31,32)/t14-,17-. The predicted molar refractivity (Wildman–Crippen MR) is 123 cm³/mol. The lowest BCUT2D eigenvalue weighted by atomic mass is 9.84. The number of benzene rings is 1. The maximum absolute atomic E-state index is 11.9. The molecule has 3 heterocycles. The fourth-order valence-electron chi connectivity index (χ4n) is 4.79. The summed E-state index contributed by atoms with van der Waals surface area (Å²) in [5.74, 6) is 0.809. The van der Waals surface area contributed by atoms with Gasteiger partial charge in [0.2, 0.25) is 0 Å². The first-order valence-corrected chi connectivity index (χ1v) is 11.3. The Bertz CT molecular complexity index is 1330. The van der Waals surface area contributed by atoms with Crippen LogP contribution in [0.1, 0.15) is 36.8 Å². The highest BCUT2D eigenvalue weighted by Crippen LogP contribution is 2.35. The van der Waals surface area contributed by atoms with Crippen LogP contribution < -0.4 is 20.3 Å². The van der Waals surface area contributed by atoms with Crippen LogP contribution >= 0.6 is 11.6 Å². The summed E-state index contributed by atoms with van der Waals surface area (Å²) in [4.78, 5) is 16.6. The van der Waals surface area contributed by atoms with Crippen LogP contribution in [0.5, 0.6) is 5.75 Å². The van der Waals surface area contributed by atoms with E-state index in [1.807, 2.05) is 18.2 Å². The number of allylic oxidation sites excluding steroid dienone is 1. The molecule has 3 aliphatic rings. The lowest BCUT2D eigenvalue weighted by Gasteiger charge is -2.29. The quantitative estimate of drug-likeness (QED) is 0.715. The third kappa shape index (κ3) is 4.00. The van der Waals surface area contributed by atoms with Gasteiger partial charge in [0.25, 0.3) is 0 Å². The number of anilines is 1. The summed E-state index contributed by atoms with van der Waals surface area (Å²) < 4.78 is 6.12. The molecule has 0 bridgehead atoms. The molecule has 2 aliphatic heterocycles. The molecule has 168 valence electrons. The molecule has 0 spiro atoms. The van der Waals surface area contributed by atoms with Gasteiger partial charge in [-0.1, -0.05) is 23.7 Å². The number of halogens is 1. The van der Waals surface area contributed by atoms with Crippen LogP contribution in [-0.4, -0.2) is 28.8 Å². The van der Waals surface area contributed by atoms with Gasteiger partial charge in [-0.2, -0.15) is 15.5 Å². The van der Waals surface area contributed by atoms with Gasteiger partial charge in [0.15, 0.2) is 0 Å². The van der Waals surface area contributed by atoms with Crippen LogP contribution in [0.3, 0.4) is 0 Å². The number of nitriles is 1. The number of fused-ring (bicyclic) bond motifs is 3. The third-order valence-electron chi connectivity index (χ3n) is 6.38. The van der Waals surface area contributed by atoms with E-state index in [0.717, 1.165) is 42.3 Å². The van der Waals surface area contributed by atoms with Crippen molar-refractivity contribution in [1.82, 2.24) is 4.98 Å². The highest BCUT2D eigenvalue weighted by Gasteiger charge is 2.30. The number of rotatable bonds is 3. The van der Waals surface area contributed by atoms with Crippen molar-refractivity contribution in [2.75, 3.05) is 11.4 Å². The van der Waals surface area contributed by atoms with E-state index in [0.29, 0.717) is 33.9 Å². The molecule has 9 heteroatoms. The average molecular weight is 464 g/mol. The van der Waals surface area contributed by atoms with Gasteiger partial charge in [-0.3, -0.25) is 4.90 Å². The average Bonchev–Trinajstić information content (AvgIpc) is 3.08. The fraction of sp³-hybridized carbons (Fsp3) is 0.333. The number of nitrogens with one attached hydrogen (secondary N) is 1. The molecule has 0 saturated heterocycles. The van der Waals surface area contributed by atoms with Crippen molar-refractivity contribution in [2.24, 2.45) is 16.1 Å². The van der Waals surface area contributed by atoms with E-state index in [9.17, 15) is 15.2 Å². The summed E-state index contributed by atoms with van der Waals surface area (Å²) in [5.41, 5.74) is 2.85. The van der Waals surface area contributed by atoms with Gasteiger partial charge >= 0.3 is 6.09 Å². The number of carbonyl (C=O) groups is 1. The van der Waals surface area contributed by atoms with E-state index in [-0.39, 0.29) is 18.6 Å². The van der Waals surface area contributed by atoms with Crippen LogP contribution in [0.25, 0.3) is 11.8 Å². The zero-order valence-electron chi connectivity index (χ0n) is 17.8. The Morgan fingerprint density at radius 1 is 1.27 bits per heavy atom.